The Morgan fingerprint density at radius 1 is 1.62 bits per heavy atom. The number of hydrogen-bond acceptors (Lipinski definition) is 3. The van der Waals surface area contributed by atoms with Crippen LogP contribution in [0.3, 0.4) is 0 Å². The lowest BCUT2D eigenvalue weighted by molar-refractivity contribution is 0.532. The van der Waals surface area contributed by atoms with Gasteiger partial charge in [-0.1, -0.05) is 0 Å². The zero-order valence-corrected chi connectivity index (χ0v) is 7.71. The monoisotopic (exact) mass is 180 g/mol. The number of hydrogen-bond donors (Lipinski definition) is 3. The molecule has 2 rings (SSSR count). The third-order valence-electron chi connectivity index (χ3n) is 2.43. The van der Waals surface area contributed by atoms with Crippen LogP contribution >= 0.6 is 0 Å². The van der Waals surface area contributed by atoms with E-state index in [-0.39, 0.29) is 0 Å². The van der Waals surface area contributed by atoms with E-state index in [2.05, 4.69) is 20.8 Å². The summed E-state index contributed by atoms with van der Waals surface area (Å²) in [5, 5.41) is 13.7. The summed E-state index contributed by atoms with van der Waals surface area (Å²) in [4.78, 5) is 0. The van der Waals surface area contributed by atoms with E-state index in [4.69, 9.17) is 0 Å². The Balaban J connectivity index is 1.63. The summed E-state index contributed by atoms with van der Waals surface area (Å²) in [5.74, 6) is 0. The average molecular weight is 180 g/mol. The van der Waals surface area contributed by atoms with Crippen LogP contribution in [0.15, 0.2) is 12.3 Å². The Kier molecular flexibility index (Phi) is 2.94. The highest BCUT2D eigenvalue weighted by Gasteiger charge is 2.12. The smallest absolute Gasteiger partial charge is 0.0490 e. The van der Waals surface area contributed by atoms with Gasteiger partial charge in [0.25, 0.3) is 0 Å². The first-order valence-electron chi connectivity index (χ1n) is 4.87. The Bertz CT molecular complexity index is 226. The molecule has 0 spiro atoms. The summed E-state index contributed by atoms with van der Waals surface area (Å²) < 4.78 is 0. The van der Waals surface area contributed by atoms with Crippen LogP contribution in [0.1, 0.15) is 18.5 Å². The molecule has 1 unspecified atom stereocenters. The third kappa shape index (κ3) is 2.54. The van der Waals surface area contributed by atoms with Crippen LogP contribution in [0.25, 0.3) is 0 Å². The first kappa shape index (κ1) is 8.72. The Morgan fingerprint density at radius 2 is 2.62 bits per heavy atom. The van der Waals surface area contributed by atoms with Crippen LogP contribution in [0.5, 0.6) is 0 Å². The molecule has 1 fully saturated rings. The van der Waals surface area contributed by atoms with Crippen LogP contribution in [-0.4, -0.2) is 29.3 Å². The van der Waals surface area contributed by atoms with Gasteiger partial charge in [0, 0.05) is 31.0 Å². The van der Waals surface area contributed by atoms with Gasteiger partial charge in [0.15, 0.2) is 0 Å². The normalized spacial score (nSPS) is 22.3. The van der Waals surface area contributed by atoms with Gasteiger partial charge in [-0.2, -0.15) is 5.10 Å². The number of H-pyrrole nitrogens is 1. The zero-order chi connectivity index (χ0) is 8.93. The Labute approximate surface area is 78.1 Å². The highest BCUT2D eigenvalue weighted by Crippen LogP contribution is 2.03. The standard InChI is InChI=1S/C9H16N4/c1-2-8(11-4-1)6-10-7-9-3-5-12-13-9/h3,5,8,10-11H,1-2,4,6-7H2,(H,12,13). The molecule has 0 bridgehead atoms. The summed E-state index contributed by atoms with van der Waals surface area (Å²) in [7, 11) is 0. The maximum atomic E-state index is 3.89. The molecule has 1 atom stereocenters. The van der Waals surface area contributed by atoms with Crippen molar-refractivity contribution in [2.45, 2.75) is 25.4 Å². The molecule has 0 aromatic carbocycles. The van der Waals surface area contributed by atoms with Gasteiger partial charge in [0.1, 0.15) is 0 Å². The van der Waals surface area contributed by atoms with Crippen molar-refractivity contribution in [2.75, 3.05) is 13.1 Å². The molecule has 1 aliphatic rings. The van der Waals surface area contributed by atoms with Crippen molar-refractivity contribution < 1.29 is 0 Å². The zero-order valence-electron chi connectivity index (χ0n) is 7.71. The van der Waals surface area contributed by atoms with Gasteiger partial charge in [-0.15, -0.1) is 0 Å². The van der Waals surface area contributed by atoms with E-state index in [9.17, 15) is 0 Å². The fraction of sp³-hybridized carbons (Fsp3) is 0.667. The first-order chi connectivity index (χ1) is 6.45. The van der Waals surface area contributed by atoms with Crippen LogP contribution in [0.2, 0.25) is 0 Å². The van der Waals surface area contributed by atoms with Crippen LogP contribution < -0.4 is 10.6 Å². The van der Waals surface area contributed by atoms with E-state index in [1.165, 1.54) is 19.4 Å². The van der Waals surface area contributed by atoms with Crippen molar-refractivity contribution in [1.82, 2.24) is 20.8 Å². The van der Waals surface area contributed by atoms with Crippen molar-refractivity contribution in [3.8, 4) is 0 Å². The van der Waals surface area contributed by atoms with Gasteiger partial charge < -0.3 is 10.6 Å². The second kappa shape index (κ2) is 4.39. The molecule has 72 valence electrons. The van der Waals surface area contributed by atoms with Gasteiger partial charge in [0.05, 0.1) is 0 Å². The molecular formula is C9H16N4. The van der Waals surface area contributed by atoms with Crippen LogP contribution in [-0.2, 0) is 6.54 Å². The molecule has 4 heteroatoms. The number of rotatable bonds is 4. The molecule has 13 heavy (non-hydrogen) atoms. The summed E-state index contributed by atoms with van der Waals surface area (Å²) in [6.45, 7) is 3.12. The number of aromatic nitrogens is 2. The largest absolute Gasteiger partial charge is 0.313 e. The van der Waals surface area contributed by atoms with E-state index in [1.54, 1.807) is 6.20 Å². The molecule has 0 amide bonds. The quantitative estimate of drug-likeness (QED) is 0.622. The Morgan fingerprint density at radius 3 is 3.31 bits per heavy atom. The van der Waals surface area contributed by atoms with E-state index in [0.717, 1.165) is 18.8 Å². The van der Waals surface area contributed by atoms with Crippen LogP contribution in [0.4, 0.5) is 0 Å². The van der Waals surface area contributed by atoms with Crippen molar-refractivity contribution in [3.63, 3.8) is 0 Å². The molecule has 2 heterocycles. The molecule has 3 N–H and O–H groups in total. The minimum absolute atomic E-state index is 0.669. The van der Waals surface area contributed by atoms with Gasteiger partial charge in [0.2, 0.25) is 0 Å². The summed E-state index contributed by atoms with van der Waals surface area (Å²) in [6, 6.07) is 2.66. The fourth-order valence-corrected chi connectivity index (χ4v) is 1.70. The molecule has 1 saturated heterocycles. The molecule has 1 aromatic heterocycles. The molecule has 1 aromatic rings. The van der Waals surface area contributed by atoms with E-state index in [1.807, 2.05) is 6.07 Å². The lowest BCUT2D eigenvalue weighted by Crippen LogP contribution is -2.33. The predicted octanol–water partition coefficient (Wildman–Crippen LogP) is 0.251. The first-order valence-corrected chi connectivity index (χ1v) is 4.87. The lowest BCUT2D eigenvalue weighted by atomic mass is 10.2. The molecule has 4 nitrogen and oxygen atoms in total. The maximum absolute atomic E-state index is 3.89. The molecule has 0 aliphatic carbocycles. The Hall–Kier alpha value is -0.870. The summed E-state index contributed by atoms with van der Waals surface area (Å²) in [5.41, 5.74) is 1.15. The molecule has 0 saturated carbocycles. The SMILES string of the molecule is c1cc(CNCC2CCCN2)[nH]n1. The van der Waals surface area contributed by atoms with E-state index in [0.29, 0.717) is 6.04 Å². The van der Waals surface area contributed by atoms with Gasteiger partial charge >= 0.3 is 0 Å². The van der Waals surface area contributed by atoms with Gasteiger partial charge in [-0.3, -0.25) is 5.10 Å². The van der Waals surface area contributed by atoms with E-state index < -0.39 is 0 Å². The number of nitrogens with zero attached hydrogens (tertiary/aromatic N) is 1. The van der Waals surface area contributed by atoms with Crippen molar-refractivity contribution in [3.05, 3.63) is 18.0 Å². The lowest BCUT2D eigenvalue weighted by Gasteiger charge is -2.10. The maximum Gasteiger partial charge on any atom is 0.0490 e. The predicted molar refractivity (Wildman–Crippen MR) is 51.3 cm³/mol. The van der Waals surface area contributed by atoms with Crippen LogP contribution in [0, 0.1) is 0 Å². The second-order valence-electron chi connectivity index (χ2n) is 3.51. The number of nitrogens with one attached hydrogen (secondary N) is 3. The van der Waals surface area contributed by atoms with Crippen molar-refractivity contribution in [2.24, 2.45) is 0 Å². The minimum atomic E-state index is 0.669. The topological polar surface area (TPSA) is 52.7 Å². The average Bonchev–Trinajstić information content (AvgIpc) is 2.75. The van der Waals surface area contributed by atoms with Gasteiger partial charge in [-0.25, -0.2) is 0 Å². The summed E-state index contributed by atoms with van der Waals surface area (Å²) in [6.07, 6.45) is 4.40. The molecule has 1 aliphatic heterocycles. The minimum Gasteiger partial charge on any atom is -0.313 e. The highest BCUT2D eigenvalue weighted by atomic mass is 15.1. The highest BCUT2D eigenvalue weighted by molar-refractivity contribution is 4.96. The number of aromatic amines is 1. The van der Waals surface area contributed by atoms with Crippen molar-refractivity contribution >= 4 is 0 Å². The van der Waals surface area contributed by atoms with E-state index >= 15 is 0 Å². The second-order valence-corrected chi connectivity index (χ2v) is 3.51. The fourth-order valence-electron chi connectivity index (χ4n) is 1.70. The third-order valence-corrected chi connectivity index (χ3v) is 2.43. The molecule has 0 radical (unpaired) electrons. The summed E-state index contributed by atoms with van der Waals surface area (Å²) >= 11 is 0. The van der Waals surface area contributed by atoms with Gasteiger partial charge in [-0.05, 0) is 25.5 Å². The molecular weight excluding hydrogens is 164 g/mol. The van der Waals surface area contributed by atoms with Crippen molar-refractivity contribution in [1.29, 1.82) is 0 Å².